The third kappa shape index (κ3) is 3.92. The number of rotatable bonds is 5. The van der Waals surface area contributed by atoms with Gasteiger partial charge in [0.05, 0.1) is 0 Å². The second-order valence-electron chi connectivity index (χ2n) is 4.82. The molecule has 0 aromatic heterocycles. The number of hydrogen-bond acceptors (Lipinski definition) is 2. The van der Waals surface area contributed by atoms with Crippen LogP contribution in [0.4, 0.5) is 0 Å². The van der Waals surface area contributed by atoms with Crippen LogP contribution in [0.3, 0.4) is 0 Å². The monoisotopic (exact) mass is 266 g/mol. The van der Waals surface area contributed by atoms with Gasteiger partial charge < -0.3 is 8.85 Å². The molecule has 1 aromatic rings. The molecular weight excluding hydrogens is 244 g/mol. The molecule has 0 aliphatic carbocycles. The Bertz CT molecular complexity index is 376. The Balaban J connectivity index is 2.98. The molecule has 0 saturated heterocycles. The van der Waals surface area contributed by atoms with Crippen molar-refractivity contribution in [2.24, 2.45) is 0 Å². The molecule has 0 bridgehead atoms. The summed E-state index contributed by atoms with van der Waals surface area (Å²) < 4.78 is 11.3. The van der Waals surface area contributed by atoms with Gasteiger partial charge in [0.15, 0.2) is 0 Å². The first kappa shape index (κ1) is 14.4. The van der Waals surface area contributed by atoms with Crippen LogP contribution in [0.5, 0.6) is 0 Å². The van der Waals surface area contributed by atoms with Gasteiger partial charge in [0.25, 0.3) is 0 Å². The van der Waals surface area contributed by atoms with Crippen LogP contribution in [-0.2, 0) is 8.85 Å². The van der Waals surface area contributed by atoms with E-state index in [9.17, 15) is 0 Å². The molecule has 4 heteroatoms. The molecule has 0 aliphatic rings. The van der Waals surface area contributed by atoms with E-state index in [1.165, 1.54) is 5.19 Å². The second kappa shape index (κ2) is 5.77. The maximum atomic E-state index is 5.78. The molecule has 0 aliphatic heterocycles. The highest BCUT2D eigenvalue weighted by Crippen LogP contribution is 2.11. The highest BCUT2D eigenvalue weighted by molar-refractivity contribution is 6.91. The first-order valence-corrected chi connectivity index (χ1v) is 11.3. The van der Waals surface area contributed by atoms with Crippen molar-refractivity contribution < 1.29 is 8.85 Å². The molecule has 0 amide bonds. The van der Waals surface area contributed by atoms with Crippen LogP contribution >= 0.6 is 0 Å². The number of hydrogen-bond donors (Lipinski definition) is 0. The lowest BCUT2D eigenvalue weighted by Gasteiger charge is -2.24. The van der Waals surface area contributed by atoms with E-state index >= 15 is 0 Å². The van der Waals surface area contributed by atoms with Gasteiger partial charge in [0.2, 0.25) is 16.6 Å². The third-order valence-electron chi connectivity index (χ3n) is 3.10. The molecule has 0 saturated carbocycles. The topological polar surface area (TPSA) is 18.5 Å². The van der Waals surface area contributed by atoms with Crippen molar-refractivity contribution in [3.63, 3.8) is 0 Å². The fourth-order valence-corrected chi connectivity index (χ4v) is 5.91. The Morgan fingerprint density at radius 1 is 0.882 bits per heavy atom. The summed E-state index contributed by atoms with van der Waals surface area (Å²) in [5.74, 6) is 0. The van der Waals surface area contributed by atoms with Gasteiger partial charge in [-0.1, -0.05) is 41.7 Å². The molecule has 1 aromatic carbocycles. The van der Waals surface area contributed by atoms with Crippen molar-refractivity contribution in [2.75, 3.05) is 14.2 Å². The highest BCUT2D eigenvalue weighted by atomic mass is 28.4. The summed E-state index contributed by atoms with van der Waals surface area (Å²) >= 11 is 0. The summed E-state index contributed by atoms with van der Waals surface area (Å²) in [4.78, 5) is 0. The average molecular weight is 266 g/mol. The lowest BCUT2D eigenvalue weighted by atomic mass is 10.4. The van der Waals surface area contributed by atoms with E-state index in [1.807, 2.05) is 6.07 Å². The van der Waals surface area contributed by atoms with Gasteiger partial charge >= 0.3 is 0 Å². The van der Waals surface area contributed by atoms with Crippen LogP contribution in [-0.4, -0.2) is 30.9 Å². The molecule has 94 valence electrons. The summed E-state index contributed by atoms with van der Waals surface area (Å²) in [5, 5.41) is 1.29. The Hall–Kier alpha value is -0.686. The second-order valence-corrected chi connectivity index (χ2v) is 12.3. The van der Waals surface area contributed by atoms with Crippen LogP contribution < -0.4 is 5.19 Å². The molecule has 1 atom stereocenters. The molecule has 2 nitrogen and oxygen atoms in total. The van der Waals surface area contributed by atoms with E-state index in [4.69, 9.17) is 8.85 Å². The highest BCUT2D eigenvalue weighted by Gasteiger charge is 2.28. The molecule has 17 heavy (non-hydrogen) atoms. The van der Waals surface area contributed by atoms with Gasteiger partial charge in [0, 0.05) is 14.2 Å². The predicted molar refractivity (Wildman–Crippen MR) is 78.3 cm³/mol. The van der Waals surface area contributed by atoms with Gasteiger partial charge in [-0.3, -0.25) is 0 Å². The van der Waals surface area contributed by atoms with E-state index in [0.29, 0.717) is 0 Å². The van der Waals surface area contributed by atoms with Gasteiger partial charge in [-0.25, -0.2) is 0 Å². The standard InChI is InChI=1S/C13H22O2Si2/c1-14-16(3,4)11-12-17(5,15-2)13-9-7-6-8-10-13/h6-12H,1-5H3/b12-11+. The minimum atomic E-state index is -1.95. The Kier molecular flexibility index (Phi) is 4.88. The number of benzene rings is 1. The van der Waals surface area contributed by atoms with Crippen molar-refractivity contribution in [3.05, 3.63) is 41.7 Å². The van der Waals surface area contributed by atoms with Gasteiger partial charge in [0.1, 0.15) is 0 Å². The minimum absolute atomic E-state index is 1.29. The maximum absolute atomic E-state index is 5.78. The van der Waals surface area contributed by atoms with Crippen LogP contribution in [0.2, 0.25) is 19.6 Å². The molecule has 0 heterocycles. The maximum Gasteiger partial charge on any atom is 0.244 e. The largest absolute Gasteiger partial charge is 0.417 e. The van der Waals surface area contributed by atoms with Gasteiger partial charge in [-0.05, 0) is 24.8 Å². The van der Waals surface area contributed by atoms with Crippen LogP contribution in [0.25, 0.3) is 0 Å². The van der Waals surface area contributed by atoms with Crippen molar-refractivity contribution in [2.45, 2.75) is 19.6 Å². The van der Waals surface area contributed by atoms with E-state index in [0.717, 1.165) is 0 Å². The van der Waals surface area contributed by atoms with Crippen LogP contribution in [0, 0.1) is 0 Å². The zero-order valence-corrected chi connectivity index (χ0v) is 13.4. The summed E-state index contributed by atoms with van der Waals surface area (Å²) in [6.45, 7) is 6.57. The van der Waals surface area contributed by atoms with Crippen molar-refractivity contribution in [3.8, 4) is 0 Å². The van der Waals surface area contributed by atoms with Gasteiger partial charge in [-0.15, -0.1) is 0 Å². The summed E-state index contributed by atoms with van der Waals surface area (Å²) in [6, 6.07) is 10.4. The quantitative estimate of drug-likeness (QED) is 0.763. The summed E-state index contributed by atoms with van der Waals surface area (Å²) in [6.07, 6.45) is 0. The molecule has 0 N–H and O–H groups in total. The average Bonchev–Trinajstić information content (AvgIpc) is 2.37. The Morgan fingerprint density at radius 3 is 1.94 bits per heavy atom. The lowest BCUT2D eigenvalue weighted by molar-refractivity contribution is 0.413. The summed E-state index contributed by atoms with van der Waals surface area (Å²) in [7, 11) is -0.0344. The molecular formula is C13H22O2Si2. The van der Waals surface area contributed by atoms with Crippen LogP contribution in [0.1, 0.15) is 0 Å². The molecule has 0 radical (unpaired) electrons. The first-order valence-electron chi connectivity index (χ1n) is 5.80. The minimum Gasteiger partial charge on any atom is -0.417 e. The normalized spacial score (nSPS) is 16.1. The van der Waals surface area contributed by atoms with Crippen molar-refractivity contribution >= 4 is 21.8 Å². The zero-order chi connectivity index (χ0) is 12.9. The van der Waals surface area contributed by atoms with Gasteiger partial charge in [-0.2, -0.15) is 0 Å². The molecule has 1 rings (SSSR count). The predicted octanol–water partition coefficient (Wildman–Crippen LogP) is 2.60. The molecule has 0 spiro atoms. The Labute approximate surface area is 107 Å². The Morgan fingerprint density at radius 2 is 1.47 bits per heavy atom. The van der Waals surface area contributed by atoms with E-state index < -0.39 is 16.6 Å². The van der Waals surface area contributed by atoms with Crippen LogP contribution in [0.15, 0.2) is 41.7 Å². The van der Waals surface area contributed by atoms with Crippen molar-refractivity contribution in [1.82, 2.24) is 0 Å². The lowest BCUT2D eigenvalue weighted by Crippen LogP contribution is -2.46. The zero-order valence-electron chi connectivity index (χ0n) is 11.4. The fraction of sp³-hybridized carbons (Fsp3) is 0.385. The molecule has 0 fully saturated rings. The fourth-order valence-electron chi connectivity index (χ4n) is 1.48. The smallest absolute Gasteiger partial charge is 0.244 e. The first-order chi connectivity index (χ1) is 7.93. The third-order valence-corrected chi connectivity index (χ3v) is 8.59. The van der Waals surface area contributed by atoms with E-state index in [1.54, 1.807) is 14.2 Å². The van der Waals surface area contributed by atoms with E-state index in [2.05, 4.69) is 55.3 Å². The van der Waals surface area contributed by atoms with E-state index in [-0.39, 0.29) is 0 Å². The SMILES string of the molecule is CO[Si](C)(C)/C=C/[Si](C)(OC)c1ccccc1. The van der Waals surface area contributed by atoms with Crippen molar-refractivity contribution in [1.29, 1.82) is 0 Å². The molecule has 1 unspecified atom stereocenters. The summed E-state index contributed by atoms with van der Waals surface area (Å²) in [5.41, 5.74) is 4.48.